The normalized spacial score (nSPS) is 34.8. The average Bonchev–Trinajstić information content (AvgIpc) is 2.75. The summed E-state index contributed by atoms with van der Waals surface area (Å²) in [5.41, 5.74) is -0.511. The van der Waals surface area contributed by atoms with Crippen LogP contribution < -0.4 is 5.32 Å². The molecule has 2 atom stereocenters. The van der Waals surface area contributed by atoms with E-state index < -0.39 is 15.6 Å². The Hall–Kier alpha value is -0.660. The zero-order chi connectivity index (χ0) is 12.8. The van der Waals surface area contributed by atoms with Crippen molar-refractivity contribution in [1.29, 1.82) is 0 Å². The fraction of sp³-hybridized carbons (Fsp3) is 0.900. The van der Waals surface area contributed by atoms with Gasteiger partial charge in [0.2, 0.25) is 5.91 Å². The summed E-state index contributed by atoms with van der Waals surface area (Å²) in [7, 11) is -0.383. The molecule has 1 spiro atoms. The molecule has 0 unspecified atom stereocenters. The highest BCUT2D eigenvalue weighted by atomic mass is 32.2. The van der Waals surface area contributed by atoms with Gasteiger partial charge in [0, 0.05) is 33.7 Å². The summed E-state index contributed by atoms with van der Waals surface area (Å²) in [6.07, 6.45) is 0.729. The van der Waals surface area contributed by atoms with Crippen molar-refractivity contribution >= 4 is 16.1 Å². The summed E-state index contributed by atoms with van der Waals surface area (Å²) in [5.74, 6) is 0.0705. The largest absolute Gasteiger partial charge is 0.356 e. The van der Waals surface area contributed by atoms with Crippen LogP contribution in [-0.2, 0) is 15.0 Å². The van der Waals surface area contributed by atoms with Gasteiger partial charge in [-0.15, -0.1) is 0 Å². The molecule has 2 saturated heterocycles. The lowest BCUT2D eigenvalue weighted by Crippen LogP contribution is -2.41. The van der Waals surface area contributed by atoms with Gasteiger partial charge in [0.05, 0.1) is 5.41 Å². The highest BCUT2D eigenvalue weighted by Gasteiger charge is 2.54. The van der Waals surface area contributed by atoms with E-state index in [2.05, 4.69) is 5.32 Å². The predicted molar refractivity (Wildman–Crippen MR) is 63.4 cm³/mol. The molecule has 2 aliphatic rings. The summed E-state index contributed by atoms with van der Waals surface area (Å²) in [5, 5.41) is 2.81. The van der Waals surface area contributed by atoms with Crippen molar-refractivity contribution < 1.29 is 13.2 Å². The number of hydrogen-bond acceptors (Lipinski definition) is 3. The third kappa shape index (κ3) is 1.76. The summed E-state index contributed by atoms with van der Waals surface area (Å²) < 4.78 is 26.7. The zero-order valence-electron chi connectivity index (χ0n) is 10.4. The Morgan fingerprint density at radius 2 is 2.12 bits per heavy atom. The van der Waals surface area contributed by atoms with Crippen LogP contribution in [0.25, 0.3) is 0 Å². The fourth-order valence-electron chi connectivity index (χ4n) is 2.73. The van der Waals surface area contributed by atoms with E-state index in [-0.39, 0.29) is 11.8 Å². The maximum Gasteiger partial charge on any atom is 0.281 e. The Balaban J connectivity index is 2.27. The van der Waals surface area contributed by atoms with E-state index in [0.29, 0.717) is 19.6 Å². The predicted octanol–water partition coefficient (Wildman–Crippen LogP) is -0.749. The first-order chi connectivity index (χ1) is 7.80. The molecule has 0 radical (unpaired) electrons. The average molecular weight is 261 g/mol. The first-order valence-corrected chi connectivity index (χ1v) is 7.16. The number of nitrogens with zero attached hydrogens (tertiary/aromatic N) is 2. The van der Waals surface area contributed by atoms with Crippen molar-refractivity contribution in [1.82, 2.24) is 13.9 Å². The molecule has 0 bridgehead atoms. The van der Waals surface area contributed by atoms with Gasteiger partial charge in [-0.1, -0.05) is 6.92 Å². The molecule has 2 aliphatic heterocycles. The van der Waals surface area contributed by atoms with Crippen LogP contribution in [0.3, 0.4) is 0 Å². The third-order valence-electron chi connectivity index (χ3n) is 3.98. The fourth-order valence-corrected chi connectivity index (χ4v) is 4.00. The molecule has 0 aromatic rings. The van der Waals surface area contributed by atoms with Crippen LogP contribution in [0.4, 0.5) is 0 Å². The van der Waals surface area contributed by atoms with Crippen molar-refractivity contribution in [2.45, 2.75) is 13.3 Å². The van der Waals surface area contributed by atoms with Crippen LogP contribution in [0.1, 0.15) is 13.3 Å². The standard InChI is InChI=1S/C10H19N3O3S/c1-8-6-13(17(15,16)12(2)3)7-10(8)4-5-11-9(10)14/h8H,4-7H2,1-3H3,(H,11,14)/t8-,10-/m1/s1. The third-order valence-corrected chi connectivity index (χ3v) is 5.83. The van der Waals surface area contributed by atoms with Crippen LogP contribution in [0.5, 0.6) is 0 Å². The van der Waals surface area contributed by atoms with Crippen LogP contribution in [0.2, 0.25) is 0 Å². The topological polar surface area (TPSA) is 69.7 Å². The van der Waals surface area contributed by atoms with Crippen molar-refractivity contribution in [2.24, 2.45) is 11.3 Å². The first-order valence-electron chi connectivity index (χ1n) is 5.76. The van der Waals surface area contributed by atoms with Gasteiger partial charge in [0.1, 0.15) is 0 Å². The summed E-state index contributed by atoms with van der Waals surface area (Å²) in [6.45, 7) is 3.34. The maximum absolute atomic E-state index is 12.0. The molecule has 6 nitrogen and oxygen atoms in total. The minimum atomic E-state index is -3.41. The summed E-state index contributed by atoms with van der Waals surface area (Å²) in [6, 6.07) is 0. The van der Waals surface area contributed by atoms with Crippen molar-refractivity contribution in [3.05, 3.63) is 0 Å². The molecule has 0 aliphatic carbocycles. The Bertz CT molecular complexity index is 434. The molecular formula is C10H19N3O3S. The second kappa shape index (κ2) is 3.93. The highest BCUT2D eigenvalue weighted by Crippen LogP contribution is 2.42. The summed E-state index contributed by atoms with van der Waals surface area (Å²) >= 11 is 0. The molecule has 7 heteroatoms. The lowest BCUT2D eigenvalue weighted by Gasteiger charge is -2.24. The quantitative estimate of drug-likeness (QED) is 0.711. The second-order valence-electron chi connectivity index (χ2n) is 5.15. The Labute approximate surface area is 102 Å². The van der Waals surface area contributed by atoms with Crippen molar-refractivity contribution in [3.63, 3.8) is 0 Å². The van der Waals surface area contributed by atoms with Crippen molar-refractivity contribution in [2.75, 3.05) is 33.7 Å². The molecule has 2 fully saturated rings. The van der Waals surface area contributed by atoms with E-state index >= 15 is 0 Å². The lowest BCUT2D eigenvalue weighted by atomic mass is 9.78. The molecule has 17 heavy (non-hydrogen) atoms. The van der Waals surface area contributed by atoms with E-state index in [0.717, 1.165) is 6.42 Å². The van der Waals surface area contributed by atoms with Gasteiger partial charge in [0.15, 0.2) is 0 Å². The zero-order valence-corrected chi connectivity index (χ0v) is 11.2. The van der Waals surface area contributed by atoms with Gasteiger partial charge in [-0.2, -0.15) is 17.0 Å². The van der Waals surface area contributed by atoms with Crippen molar-refractivity contribution in [3.8, 4) is 0 Å². The Kier molecular flexibility index (Phi) is 2.95. The Morgan fingerprint density at radius 3 is 2.59 bits per heavy atom. The molecule has 98 valence electrons. The van der Waals surface area contributed by atoms with Crippen LogP contribution in [0, 0.1) is 11.3 Å². The van der Waals surface area contributed by atoms with E-state index in [4.69, 9.17) is 0 Å². The smallest absolute Gasteiger partial charge is 0.281 e. The Morgan fingerprint density at radius 1 is 1.47 bits per heavy atom. The van der Waals surface area contributed by atoms with Crippen LogP contribution in [0.15, 0.2) is 0 Å². The van der Waals surface area contributed by atoms with Gasteiger partial charge in [0.25, 0.3) is 10.2 Å². The second-order valence-corrected chi connectivity index (χ2v) is 7.29. The molecule has 2 rings (SSSR count). The molecular weight excluding hydrogens is 242 g/mol. The lowest BCUT2D eigenvalue weighted by molar-refractivity contribution is -0.128. The molecule has 0 aromatic carbocycles. The van der Waals surface area contributed by atoms with Gasteiger partial charge >= 0.3 is 0 Å². The van der Waals surface area contributed by atoms with Crippen LogP contribution in [-0.4, -0.2) is 56.7 Å². The minimum Gasteiger partial charge on any atom is -0.356 e. The van der Waals surface area contributed by atoms with E-state index in [1.807, 2.05) is 6.92 Å². The number of hydrogen-bond donors (Lipinski definition) is 1. The maximum atomic E-state index is 12.0. The minimum absolute atomic E-state index is 0.00135. The number of carbonyl (C=O) groups excluding carboxylic acids is 1. The number of carbonyl (C=O) groups is 1. The van der Waals surface area contributed by atoms with E-state index in [9.17, 15) is 13.2 Å². The van der Waals surface area contributed by atoms with Crippen LogP contribution >= 0.6 is 0 Å². The van der Waals surface area contributed by atoms with E-state index in [1.165, 1.54) is 22.7 Å². The first kappa shape index (κ1) is 12.8. The van der Waals surface area contributed by atoms with Gasteiger partial charge in [-0.05, 0) is 12.3 Å². The summed E-state index contributed by atoms with van der Waals surface area (Å²) in [4.78, 5) is 11.9. The number of amides is 1. The highest BCUT2D eigenvalue weighted by molar-refractivity contribution is 7.86. The molecule has 1 amide bonds. The number of rotatable bonds is 2. The van der Waals surface area contributed by atoms with Gasteiger partial charge in [-0.3, -0.25) is 4.79 Å². The molecule has 0 saturated carbocycles. The monoisotopic (exact) mass is 261 g/mol. The van der Waals surface area contributed by atoms with Gasteiger partial charge in [-0.25, -0.2) is 0 Å². The molecule has 1 N–H and O–H groups in total. The van der Waals surface area contributed by atoms with Gasteiger partial charge < -0.3 is 5.32 Å². The molecule has 2 heterocycles. The molecule has 0 aromatic heterocycles. The van der Waals surface area contributed by atoms with E-state index in [1.54, 1.807) is 0 Å². The SMILES string of the molecule is C[C@@H]1CN(S(=O)(=O)N(C)C)C[C@]12CCNC2=O. The number of nitrogens with one attached hydrogen (secondary N) is 1.